The number of rotatable bonds is 3. The summed E-state index contributed by atoms with van der Waals surface area (Å²) in [5.74, 6) is -1.97. The van der Waals surface area contributed by atoms with Crippen LogP contribution in [0, 0.1) is 18.6 Å². The zero-order valence-corrected chi connectivity index (χ0v) is 11.5. The van der Waals surface area contributed by atoms with Crippen molar-refractivity contribution in [2.75, 3.05) is 18.2 Å². The van der Waals surface area contributed by atoms with Crippen LogP contribution in [0.15, 0.2) is 30.3 Å². The predicted octanol–water partition coefficient (Wildman–Crippen LogP) is 3.12. The third kappa shape index (κ3) is 3.10. The Kier molecular flexibility index (Phi) is 4.07. The van der Waals surface area contributed by atoms with E-state index in [0.717, 1.165) is 6.07 Å². The van der Waals surface area contributed by atoms with E-state index in [1.165, 1.54) is 20.1 Å². The molecule has 0 unspecified atom stereocenters. The zero-order chi connectivity index (χ0) is 15.6. The van der Waals surface area contributed by atoms with Gasteiger partial charge in [0.2, 0.25) is 0 Å². The molecular weight excluding hydrogens is 278 g/mol. The molecule has 0 aliphatic rings. The van der Waals surface area contributed by atoms with E-state index < -0.39 is 17.5 Å². The van der Waals surface area contributed by atoms with Crippen molar-refractivity contribution in [3.8, 4) is 5.75 Å². The highest BCUT2D eigenvalue weighted by Gasteiger charge is 2.16. The number of nitrogens with two attached hydrogens (primary N) is 1. The summed E-state index contributed by atoms with van der Waals surface area (Å²) in [6, 6.07) is 6.49. The van der Waals surface area contributed by atoms with Crippen molar-refractivity contribution in [2.24, 2.45) is 0 Å². The summed E-state index contributed by atoms with van der Waals surface area (Å²) in [6.07, 6.45) is 0. The molecule has 0 aromatic heterocycles. The monoisotopic (exact) mass is 292 g/mol. The molecular formula is C15H14F2N2O2. The molecule has 0 bridgehead atoms. The number of methoxy groups -OCH3 is 1. The molecule has 0 spiro atoms. The van der Waals surface area contributed by atoms with Crippen LogP contribution in [0.25, 0.3) is 0 Å². The van der Waals surface area contributed by atoms with Crippen molar-refractivity contribution >= 4 is 17.3 Å². The first kappa shape index (κ1) is 14.8. The number of amides is 1. The molecule has 21 heavy (non-hydrogen) atoms. The summed E-state index contributed by atoms with van der Waals surface area (Å²) in [6.45, 7) is 1.45. The van der Waals surface area contributed by atoms with Crippen LogP contribution in [-0.2, 0) is 0 Å². The van der Waals surface area contributed by atoms with Crippen LogP contribution in [-0.4, -0.2) is 13.0 Å². The van der Waals surface area contributed by atoms with E-state index in [9.17, 15) is 13.6 Å². The van der Waals surface area contributed by atoms with Gasteiger partial charge in [0.25, 0.3) is 5.91 Å². The fourth-order valence-corrected chi connectivity index (χ4v) is 1.83. The molecule has 0 fully saturated rings. The van der Waals surface area contributed by atoms with Crippen LogP contribution >= 0.6 is 0 Å². The molecule has 6 heteroatoms. The number of nitrogens with one attached hydrogen (secondary N) is 1. The molecule has 2 aromatic rings. The van der Waals surface area contributed by atoms with Gasteiger partial charge in [-0.15, -0.1) is 0 Å². The highest BCUT2D eigenvalue weighted by molar-refractivity contribution is 6.05. The summed E-state index contributed by atoms with van der Waals surface area (Å²) in [5, 5.41) is 2.51. The minimum atomic E-state index is -0.926. The lowest BCUT2D eigenvalue weighted by molar-refractivity contribution is 0.102. The van der Waals surface area contributed by atoms with Gasteiger partial charge in [0.1, 0.15) is 17.4 Å². The van der Waals surface area contributed by atoms with Crippen LogP contribution in [0.1, 0.15) is 15.9 Å². The fourth-order valence-electron chi connectivity index (χ4n) is 1.83. The minimum Gasteiger partial charge on any atom is -0.494 e. The average Bonchev–Trinajstić information content (AvgIpc) is 2.44. The van der Waals surface area contributed by atoms with Crippen molar-refractivity contribution in [2.45, 2.75) is 6.92 Å². The minimum absolute atomic E-state index is 0.186. The first-order valence-corrected chi connectivity index (χ1v) is 6.13. The van der Waals surface area contributed by atoms with Gasteiger partial charge in [0, 0.05) is 17.8 Å². The van der Waals surface area contributed by atoms with E-state index in [1.807, 2.05) is 0 Å². The van der Waals surface area contributed by atoms with Crippen LogP contribution in [0.2, 0.25) is 0 Å². The molecule has 2 rings (SSSR count). The molecule has 2 aromatic carbocycles. The lowest BCUT2D eigenvalue weighted by Gasteiger charge is -2.11. The first-order valence-electron chi connectivity index (χ1n) is 6.13. The largest absolute Gasteiger partial charge is 0.494 e. The standard InChI is InChI=1S/C15H14F2N2O2/c1-8-5-10(12(17)7-11(8)16)15(20)19-13-4-3-9(18)6-14(13)21-2/h3-7H,18H2,1-2H3,(H,19,20). The van der Waals surface area contributed by atoms with E-state index in [0.29, 0.717) is 23.2 Å². The number of ether oxygens (including phenoxy) is 1. The molecule has 4 nitrogen and oxygen atoms in total. The Morgan fingerprint density at radius 1 is 1.19 bits per heavy atom. The third-order valence-electron chi connectivity index (χ3n) is 2.97. The third-order valence-corrected chi connectivity index (χ3v) is 2.97. The molecule has 0 aliphatic heterocycles. The van der Waals surface area contributed by atoms with Crippen LogP contribution in [0.3, 0.4) is 0 Å². The van der Waals surface area contributed by atoms with Gasteiger partial charge in [0.15, 0.2) is 0 Å². The number of hydrogen-bond acceptors (Lipinski definition) is 3. The van der Waals surface area contributed by atoms with Gasteiger partial charge in [-0.05, 0) is 30.7 Å². The van der Waals surface area contributed by atoms with Gasteiger partial charge in [-0.1, -0.05) is 0 Å². The van der Waals surface area contributed by atoms with Crippen molar-refractivity contribution in [1.82, 2.24) is 0 Å². The Bertz CT molecular complexity index is 702. The van der Waals surface area contributed by atoms with Gasteiger partial charge < -0.3 is 15.8 Å². The topological polar surface area (TPSA) is 64.3 Å². The molecule has 0 atom stereocenters. The maximum Gasteiger partial charge on any atom is 0.258 e. The second-order valence-corrected chi connectivity index (χ2v) is 4.50. The number of carbonyl (C=O) groups is 1. The maximum absolute atomic E-state index is 13.7. The molecule has 0 radical (unpaired) electrons. The van der Waals surface area contributed by atoms with E-state index in [4.69, 9.17) is 10.5 Å². The Morgan fingerprint density at radius 2 is 1.90 bits per heavy atom. The van der Waals surface area contributed by atoms with E-state index >= 15 is 0 Å². The SMILES string of the molecule is COc1cc(N)ccc1NC(=O)c1cc(C)c(F)cc1F. The Morgan fingerprint density at radius 3 is 2.57 bits per heavy atom. The molecule has 1 amide bonds. The number of carbonyl (C=O) groups excluding carboxylic acids is 1. The van der Waals surface area contributed by atoms with Crippen molar-refractivity contribution in [3.05, 3.63) is 53.1 Å². The summed E-state index contributed by atoms with van der Waals surface area (Å²) in [4.78, 5) is 12.1. The fraction of sp³-hybridized carbons (Fsp3) is 0.133. The van der Waals surface area contributed by atoms with E-state index in [2.05, 4.69) is 5.32 Å². The lowest BCUT2D eigenvalue weighted by atomic mass is 10.1. The normalized spacial score (nSPS) is 10.3. The Balaban J connectivity index is 2.32. The smallest absolute Gasteiger partial charge is 0.258 e. The quantitative estimate of drug-likeness (QED) is 0.854. The summed E-state index contributed by atoms with van der Waals surface area (Å²) in [5.41, 5.74) is 6.37. The summed E-state index contributed by atoms with van der Waals surface area (Å²) in [7, 11) is 1.42. The average molecular weight is 292 g/mol. The molecule has 110 valence electrons. The predicted molar refractivity (Wildman–Crippen MR) is 76.5 cm³/mol. The number of aryl methyl sites for hydroxylation is 1. The van der Waals surface area contributed by atoms with Gasteiger partial charge >= 0.3 is 0 Å². The van der Waals surface area contributed by atoms with Crippen molar-refractivity contribution < 1.29 is 18.3 Å². The molecule has 0 aliphatic carbocycles. The Hall–Kier alpha value is -2.63. The van der Waals surface area contributed by atoms with E-state index in [-0.39, 0.29) is 11.1 Å². The van der Waals surface area contributed by atoms with E-state index in [1.54, 1.807) is 12.1 Å². The number of nitrogen functional groups attached to an aromatic ring is 1. The van der Waals surface area contributed by atoms with Crippen LogP contribution in [0.5, 0.6) is 5.75 Å². The highest BCUT2D eigenvalue weighted by Crippen LogP contribution is 2.27. The first-order chi connectivity index (χ1) is 9.92. The summed E-state index contributed by atoms with van der Waals surface area (Å²) < 4.78 is 32.0. The maximum atomic E-state index is 13.7. The van der Waals surface area contributed by atoms with Gasteiger partial charge in [0.05, 0.1) is 18.4 Å². The van der Waals surface area contributed by atoms with Crippen LogP contribution < -0.4 is 15.8 Å². The molecule has 0 heterocycles. The summed E-state index contributed by atoms with van der Waals surface area (Å²) >= 11 is 0. The van der Waals surface area contributed by atoms with Gasteiger partial charge in [-0.3, -0.25) is 4.79 Å². The van der Waals surface area contributed by atoms with Crippen LogP contribution in [0.4, 0.5) is 20.2 Å². The molecule has 0 saturated heterocycles. The van der Waals surface area contributed by atoms with Crippen molar-refractivity contribution in [3.63, 3.8) is 0 Å². The second-order valence-electron chi connectivity index (χ2n) is 4.50. The molecule has 3 N–H and O–H groups in total. The number of halogens is 2. The number of hydrogen-bond donors (Lipinski definition) is 2. The number of anilines is 2. The Labute approximate surface area is 120 Å². The number of benzene rings is 2. The lowest BCUT2D eigenvalue weighted by Crippen LogP contribution is -2.15. The zero-order valence-electron chi connectivity index (χ0n) is 11.5. The van der Waals surface area contributed by atoms with Gasteiger partial charge in [-0.25, -0.2) is 8.78 Å². The highest BCUT2D eigenvalue weighted by atomic mass is 19.1. The molecule has 0 saturated carbocycles. The van der Waals surface area contributed by atoms with Gasteiger partial charge in [-0.2, -0.15) is 0 Å². The van der Waals surface area contributed by atoms with Crippen molar-refractivity contribution in [1.29, 1.82) is 0 Å². The second kappa shape index (κ2) is 5.78.